The van der Waals surface area contributed by atoms with E-state index in [1.54, 1.807) is 24.5 Å². The summed E-state index contributed by atoms with van der Waals surface area (Å²) in [4.78, 5) is 31.6. The number of fused-ring (bicyclic) bond motifs is 1. The number of carbonyl (C=O) groups is 1. The van der Waals surface area contributed by atoms with Crippen LogP contribution in [0.2, 0.25) is 0 Å². The van der Waals surface area contributed by atoms with E-state index in [1.807, 2.05) is 73.7 Å². The monoisotopic (exact) mass is 474 g/mol. The standard InChI is InChI=1S/C27H26N2O4S/c1-4-32-21-16-14-20(15-17-21)24-23(26(31)33-5-2)18(3)28-27-29(24)25(30)22(34-27)13-9-12-19-10-7-6-8-11-19/h6-17,24H,4-5H2,1-3H3. The Bertz CT molecular complexity index is 1410. The first-order valence-electron chi connectivity index (χ1n) is 11.2. The summed E-state index contributed by atoms with van der Waals surface area (Å²) in [6.07, 6.45) is 5.58. The number of nitrogens with zero attached hydrogens (tertiary/aromatic N) is 2. The van der Waals surface area contributed by atoms with E-state index in [4.69, 9.17) is 9.47 Å². The van der Waals surface area contributed by atoms with Crippen LogP contribution in [0.4, 0.5) is 0 Å². The molecule has 6 nitrogen and oxygen atoms in total. The minimum atomic E-state index is -0.633. The van der Waals surface area contributed by atoms with Crippen molar-refractivity contribution < 1.29 is 14.3 Å². The minimum Gasteiger partial charge on any atom is -0.494 e. The number of benzene rings is 2. The maximum atomic E-state index is 13.5. The van der Waals surface area contributed by atoms with E-state index in [0.717, 1.165) is 16.9 Å². The van der Waals surface area contributed by atoms with Crippen molar-refractivity contribution in [2.45, 2.75) is 26.8 Å². The van der Waals surface area contributed by atoms with E-state index in [9.17, 15) is 9.59 Å². The van der Waals surface area contributed by atoms with Crippen LogP contribution in [0.15, 0.2) is 81.7 Å². The molecule has 0 saturated carbocycles. The molecule has 0 bridgehead atoms. The second-order valence-corrected chi connectivity index (χ2v) is 8.61. The van der Waals surface area contributed by atoms with E-state index in [2.05, 4.69) is 4.99 Å². The van der Waals surface area contributed by atoms with E-state index in [0.29, 0.717) is 27.2 Å². The third kappa shape index (κ3) is 4.79. The molecule has 2 aromatic carbocycles. The molecule has 0 aliphatic carbocycles. The lowest BCUT2D eigenvalue weighted by atomic mass is 9.96. The fourth-order valence-electron chi connectivity index (χ4n) is 3.84. The highest BCUT2D eigenvalue weighted by Crippen LogP contribution is 2.31. The molecule has 0 radical (unpaired) electrons. The van der Waals surface area contributed by atoms with E-state index in [1.165, 1.54) is 11.3 Å². The van der Waals surface area contributed by atoms with Crippen LogP contribution in [0.5, 0.6) is 5.75 Å². The molecule has 1 unspecified atom stereocenters. The van der Waals surface area contributed by atoms with Crippen molar-refractivity contribution in [3.05, 3.63) is 103 Å². The summed E-state index contributed by atoms with van der Waals surface area (Å²) >= 11 is 1.30. The number of allylic oxidation sites excluding steroid dienone is 2. The third-order valence-electron chi connectivity index (χ3n) is 5.36. The van der Waals surface area contributed by atoms with Gasteiger partial charge in [-0.2, -0.15) is 0 Å². The second-order valence-electron chi connectivity index (χ2n) is 7.60. The summed E-state index contributed by atoms with van der Waals surface area (Å²) in [6, 6.07) is 16.7. The molecule has 1 aliphatic heterocycles. The van der Waals surface area contributed by atoms with Crippen LogP contribution in [-0.2, 0) is 9.53 Å². The van der Waals surface area contributed by atoms with Gasteiger partial charge in [-0.1, -0.05) is 66.0 Å². The number of hydrogen-bond acceptors (Lipinski definition) is 6. The molecular formula is C27H26N2O4S. The van der Waals surface area contributed by atoms with Crippen LogP contribution in [0, 0.1) is 0 Å². The molecule has 174 valence electrons. The highest BCUT2D eigenvalue weighted by molar-refractivity contribution is 7.07. The fourth-order valence-corrected chi connectivity index (χ4v) is 4.84. The topological polar surface area (TPSA) is 69.9 Å². The summed E-state index contributed by atoms with van der Waals surface area (Å²) < 4.78 is 13.0. The van der Waals surface area contributed by atoms with Crippen LogP contribution < -0.4 is 19.6 Å². The third-order valence-corrected chi connectivity index (χ3v) is 6.36. The number of hydrogen-bond donors (Lipinski definition) is 0. The van der Waals surface area contributed by atoms with Crippen molar-refractivity contribution in [3.63, 3.8) is 0 Å². The number of ether oxygens (including phenoxy) is 2. The van der Waals surface area contributed by atoms with Gasteiger partial charge < -0.3 is 9.47 Å². The van der Waals surface area contributed by atoms with Gasteiger partial charge in [0, 0.05) is 0 Å². The number of thiazole rings is 1. The first-order valence-corrected chi connectivity index (χ1v) is 12.0. The predicted molar refractivity (Wildman–Crippen MR) is 134 cm³/mol. The summed E-state index contributed by atoms with van der Waals surface area (Å²) in [5.41, 5.74) is 2.54. The lowest BCUT2D eigenvalue weighted by Gasteiger charge is -2.24. The molecule has 0 fully saturated rings. The van der Waals surface area contributed by atoms with Gasteiger partial charge in [-0.15, -0.1) is 0 Å². The Morgan fingerprint density at radius 3 is 2.50 bits per heavy atom. The van der Waals surface area contributed by atoms with Gasteiger partial charge in [-0.3, -0.25) is 9.36 Å². The molecular weight excluding hydrogens is 448 g/mol. The molecule has 1 aliphatic rings. The van der Waals surface area contributed by atoms with Crippen molar-refractivity contribution in [2.75, 3.05) is 13.2 Å². The van der Waals surface area contributed by atoms with Crippen LogP contribution in [0.1, 0.15) is 37.9 Å². The molecule has 34 heavy (non-hydrogen) atoms. The van der Waals surface area contributed by atoms with Crippen molar-refractivity contribution in [1.29, 1.82) is 0 Å². The van der Waals surface area contributed by atoms with Gasteiger partial charge in [0.1, 0.15) is 5.75 Å². The molecule has 1 aromatic heterocycles. The average Bonchev–Trinajstić information content (AvgIpc) is 3.14. The van der Waals surface area contributed by atoms with Crippen LogP contribution in [-0.4, -0.2) is 23.8 Å². The van der Waals surface area contributed by atoms with Gasteiger partial charge in [-0.05, 0) is 50.1 Å². The van der Waals surface area contributed by atoms with Gasteiger partial charge in [-0.25, -0.2) is 9.79 Å². The highest BCUT2D eigenvalue weighted by atomic mass is 32.1. The SMILES string of the molecule is CCOC(=O)C1=C(C)N=c2sc(=CC=Cc3ccccc3)c(=O)n2C1c1ccc(OCC)cc1. The molecule has 0 spiro atoms. The smallest absolute Gasteiger partial charge is 0.338 e. The van der Waals surface area contributed by atoms with Gasteiger partial charge in [0.15, 0.2) is 4.80 Å². The highest BCUT2D eigenvalue weighted by Gasteiger charge is 2.33. The first-order chi connectivity index (χ1) is 16.5. The molecule has 0 saturated heterocycles. The lowest BCUT2D eigenvalue weighted by Crippen LogP contribution is -2.39. The van der Waals surface area contributed by atoms with E-state index < -0.39 is 12.0 Å². The molecule has 0 amide bonds. The van der Waals surface area contributed by atoms with Crippen molar-refractivity contribution in [2.24, 2.45) is 4.99 Å². The Morgan fingerprint density at radius 2 is 1.82 bits per heavy atom. The zero-order chi connectivity index (χ0) is 24.1. The molecule has 0 N–H and O–H groups in total. The van der Waals surface area contributed by atoms with E-state index in [-0.39, 0.29) is 12.2 Å². The average molecular weight is 475 g/mol. The first kappa shape index (κ1) is 23.4. The van der Waals surface area contributed by atoms with Gasteiger partial charge >= 0.3 is 5.97 Å². The fraction of sp³-hybridized carbons (Fsp3) is 0.222. The zero-order valence-electron chi connectivity index (χ0n) is 19.4. The summed E-state index contributed by atoms with van der Waals surface area (Å²) in [5, 5.41) is 0. The Balaban J connectivity index is 1.83. The molecule has 2 heterocycles. The molecule has 7 heteroatoms. The minimum absolute atomic E-state index is 0.199. The van der Waals surface area contributed by atoms with Crippen molar-refractivity contribution >= 4 is 29.5 Å². The quantitative estimate of drug-likeness (QED) is 0.488. The summed E-state index contributed by atoms with van der Waals surface area (Å²) in [6.45, 7) is 6.25. The number of carbonyl (C=O) groups excluding carboxylic acids is 1. The Hall–Kier alpha value is -3.71. The van der Waals surface area contributed by atoms with Gasteiger partial charge in [0.25, 0.3) is 5.56 Å². The Labute approximate surface area is 201 Å². The normalized spacial score (nSPS) is 15.9. The zero-order valence-corrected chi connectivity index (χ0v) is 20.2. The molecule has 1 atom stereocenters. The van der Waals surface area contributed by atoms with Crippen molar-refractivity contribution in [1.82, 2.24) is 4.57 Å². The number of esters is 1. The lowest BCUT2D eigenvalue weighted by molar-refractivity contribution is -0.139. The molecule has 4 rings (SSSR count). The van der Waals surface area contributed by atoms with Gasteiger partial charge in [0.2, 0.25) is 0 Å². The maximum absolute atomic E-state index is 13.5. The Morgan fingerprint density at radius 1 is 1.09 bits per heavy atom. The number of aromatic nitrogens is 1. The van der Waals surface area contributed by atoms with Gasteiger partial charge in [0.05, 0.1) is 35.1 Å². The summed E-state index contributed by atoms with van der Waals surface area (Å²) in [5.74, 6) is 0.254. The second kappa shape index (κ2) is 10.5. The Kier molecular flexibility index (Phi) is 7.23. The van der Waals surface area contributed by atoms with Crippen LogP contribution in [0.25, 0.3) is 12.2 Å². The largest absolute Gasteiger partial charge is 0.494 e. The number of rotatable bonds is 7. The van der Waals surface area contributed by atoms with Crippen LogP contribution in [0.3, 0.4) is 0 Å². The molecule has 3 aromatic rings. The van der Waals surface area contributed by atoms with E-state index >= 15 is 0 Å². The van der Waals surface area contributed by atoms with Crippen molar-refractivity contribution in [3.8, 4) is 5.75 Å². The predicted octanol–water partition coefficient (Wildman–Crippen LogP) is 3.86. The maximum Gasteiger partial charge on any atom is 0.338 e. The summed E-state index contributed by atoms with van der Waals surface area (Å²) in [7, 11) is 0. The van der Waals surface area contributed by atoms with Crippen LogP contribution >= 0.6 is 11.3 Å².